The Morgan fingerprint density at radius 2 is 2.38 bits per heavy atom. The van der Waals surface area contributed by atoms with Crippen molar-refractivity contribution < 1.29 is 14.5 Å². The molecule has 7 heteroatoms. The number of nitro benzene ring substituents is 1. The summed E-state index contributed by atoms with van der Waals surface area (Å²) in [5.74, 6) is -0.583. The third kappa shape index (κ3) is 3.69. The highest BCUT2D eigenvalue weighted by Gasteiger charge is 2.22. The van der Waals surface area contributed by atoms with Crippen LogP contribution < -0.4 is 10.6 Å². The summed E-state index contributed by atoms with van der Waals surface area (Å²) in [7, 11) is 1.26. The van der Waals surface area contributed by atoms with Crippen LogP contribution in [-0.2, 0) is 4.74 Å². The van der Waals surface area contributed by atoms with Crippen molar-refractivity contribution in [2.45, 2.75) is 25.3 Å². The van der Waals surface area contributed by atoms with Crippen molar-refractivity contribution in [3.63, 3.8) is 0 Å². The van der Waals surface area contributed by atoms with Crippen molar-refractivity contribution in [2.24, 2.45) is 0 Å². The van der Waals surface area contributed by atoms with Crippen molar-refractivity contribution in [1.82, 2.24) is 5.32 Å². The average molecular weight is 293 g/mol. The van der Waals surface area contributed by atoms with E-state index >= 15 is 0 Å². The molecule has 0 bridgehead atoms. The molecule has 0 spiro atoms. The van der Waals surface area contributed by atoms with E-state index in [0.29, 0.717) is 12.6 Å². The summed E-state index contributed by atoms with van der Waals surface area (Å²) in [5, 5.41) is 17.5. The second-order valence-corrected chi connectivity index (χ2v) is 4.96. The molecule has 7 nitrogen and oxygen atoms in total. The lowest BCUT2D eigenvalue weighted by molar-refractivity contribution is -0.384. The summed E-state index contributed by atoms with van der Waals surface area (Å²) in [5.41, 5.74) is 0.302. The molecule has 1 atom stereocenters. The Bertz CT molecular complexity index is 527. The standard InChI is InChI=1S/C14H19N3O4/c1-21-14(18)11-5-2-6-12(17(19)20)13(11)16-9-7-10-4-3-8-15-10/h2,5-6,10,15-16H,3-4,7-9H2,1H3. The van der Waals surface area contributed by atoms with Crippen molar-refractivity contribution in [1.29, 1.82) is 0 Å². The number of hydrogen-bond acceptors (Lipinski definition) is 6. The van der Waals surface area contributed by atoms with E-state index in [1.54, 1.807) is 0 Å². The van der Waals surface area contributed by atoms with E-state index in [9.17, 15) is 14.9 Å². The quantitative estimate of drug-likeness (QED) is 0.473. The maximum Gasteiger partial charge on any atom is 0.340 e. The summed E-state index contributed by atoms with van der Waals surface area (Å²) in [4.78, 5) is 22.3. The summed E-state index contributed by atoms with van der Waals surface area (Å²) >= 11 is 0. The van der Waals surface area contributed by atoms with Crippen LogP contribution in [0.1, 0.15) is 29.6 Å². The largest absolute Gasteiger partial charge is 0.465 e. The minimum atomic E-state index is -0.583. The molecule has 1 saturated heterocycles. The van der Waals surface area contributed by atoms with Crippen LogP contribution in [0.15, 0.2) is 18.2 Å². The number of hydrogen-bond donors (Lipinski definition) is 2. The highest BCUT2D eigenvalue weighted by molar-refractivity contribution is 5.98. The maximum absolute atomic E-state index is 11.7. The third-order valence-electron chi connectivity index (χ3n) is 3.60. The van der Waals surface area contributed by atoms with Gasteiger partial charge in [-0.05, 0) is 31.9 Å². The zero-order valence-electron chi connectivity index (χ0n) is 11.9. The van der Waals surface area contributed by atoms with Crippen LogP contribution in [0.2, 0.25) is 0 Å². The highest BCUT2D eigenvalue weighted by atomic mass is 16.6. The van der Waals surface area contributed by atoms with E-state index in [1.165, 1.54) is 25.3 Å². The minimum absolute atomic E-state index is 0.114. The molecule has 1 aliphatic rings. The molecule has 0 amide bonds. The summed E-state index contributed by atoms with van der Waals surface area (Å²) < 4.78 is 4.68. The van der Waals surface area contributed by atoms with E-state index in [4.69, 9.17) is 0 Å². The van der Waals surface area contributed by atoms with Crippen LogP contribution in [0.25, 0.3) is 0 Å². The molecule has 2 N–H and O–H groups in total. The molecule has 0 aromatic heterocycles. The Morgan fingerprint density at radius 3 is 3.00 bits per heavy atom. The number of esters is 1. The van der Waals surface area contributed by atoms with Gasteiger partial charge in [0, 0.05) is 18.7 Å². The van der Waals surface area contributed by atoms with Gasteiger partial charge in [0.1, 0.15) is 5.69 Å². The first-order chi connectivity index (χ1) is 10.1. The fraction of sp³-hybridized carbons (Fsp3) is 0.500. The van der Waals surface area contributed by atoms with Gasteiger partial charge in [-0.3, -0.25) is 10.1 Å². The van der Waals surface area contributed by atoms with Crippen LogP contribution in [0.5, 0.6) is 0 Å². The number of para-hydroxylation sites is 1. The zero-order chi connectivity index (χ0) is 15.2. The lowest BCUT2D eigenvalue weighted by Gasteiger charge is -2.13. The van der Waals surface area contributed by atoms with Gasteiger partial charge < -0.3 is 15.4 Å². The average Bonchev–Trinajstić information content (AvgIpc) is 2.99. The number of benzene rings is 1. The number of methoxy groups -OCH3 is 1. The summed E-state index contributed by atoms with van der Waals surface area (Å²) in [6.45, 7) is 1.58. The number of ether oxygens (including phenoxy) is 1. The second kappa shape index (κ2) is 7.03. The molecule has 1 heterocycles. The van der Waals surface area contributed by atoms with Gasteiger partial charge in [0.05, 0.1) is 17.6 Å². The Balaban J connectivity index is 2.13. The predicted molar refractivity (Wildman–Crippen MR) is 78.6 cm³/mol. The van der Waals surface area contributed by atoms with E-state index in [2.05, 4.69) is 15.4 Å². The van der Waals surface area contributed by atoms with Gasteiger partial charge in [-0.25, -0.2) is 4.79 Å². The molecule has 1 aromatic carbocycles. The monoisotopic (exact) mass is 293 g/mol. The van der Waals surface area contributed by atoms with E-state index in [1.807, 2.05) is 0 Å². The van der Waals surface area contributed by atoms with Gasteiger partial charge in [-0.1, -0.05) is 6.07 Å². The SMILES string of the molecule is COC(=O)c1cccc([N+](=O)[O-])c1NCCC1CCCN1. The lowest BCUT2D eigenvalue weighted by Crippen LogP contribution is -2.24. The number of nitrogens with zero attached hydrogens (tertiary/aromatic N) is 1. The molecule has 114 valence electrons. The Hall–Kier alpha value is -2.15. The molecule has 21 heavy (non-hydrogen) atoms. The number of carbonyl (C=O) groups is 1. The van der Waals surface area contributed by atoms with Crippen LogP contribution in [0.3, 0.4) is 0 Å². The first kappa shape index (κ1) is 15.2. The lowest BCUT2D eigenvalue weighted by atomic mass is 10.1. The van der Waals surface area contributed by atoms with Crippen LogP contribution in [-0.4, -0.2) is 37.1 Å². The van der Waals surface area contributed by atoms with Crippen LogP contribution >= 0.6 is 0 Å². The van der Waals surface area contributed by atoms with E-state index in [-0.39, 0.29) is 16.9 Å². The number of anilines is 1. The molecule has 1 unspecified atom stereocenters. The number of nitrogens with one attached hydrogen (secondary N) is 2. The van der Waals surface area contributed by atoms with Gasteiger partial charge in [0.2, 0.25) is 0 Å². The Morgan fingerprint density at radius 1 is 1.57 bits per heavy atom. The smallest absolute Gasteiger partial charge is 0.340 e. The highest BCUT2D eigenvalue weighted by Crippen LogP contribution is 2.29. The molecule has 1 aliphatic heterocycles. The normalized spacial score (nSPS) is 17.5. The first-order valence-corrected chi connectivity index (χ1v) is 6.96. The van der Waals surface area contributed by atoms with Crippen molar-refractivity contribution in [3.8, 4) is 0 Å². The van der Waals surface area contributed by atoms with Gasteiger partial charge in [-0.2, -0.15) is 0 Å². The fourth-order valence-electron chi connectivity index (χ4n) is 2.53. The number of carbonyl (C=O) groups excluding carboxylic acids is 1. The van der Waals surface area contributed by atoms with Crippen molar-refractivity contribution in [3.05, 3.63) is 33.9 Å². The van der Waals surface area contributed by atoms with E-state index in [0.717, 1.165) is 25.8 Å². The van der Waals surface area contributed by atoms with Gasteiger partial charge in [0.25, 0.3) is 5.69 Å². The first-order valence-electron chi connectivity index (χ1n) is 6.96. The molecule has 1 aromatic rings. The number of rotatable bonds is 6. The molecular weight excluding hydrogens is 274 g/mol. The van der Waals surface area contributed by atoms with Gasteiger partial charge in [0.15, 0.2) is 0 Å². The Kier molecular flexibility index (Phi) is 5.10. The van der Waals surface area contributed by atoms with Gasteiger partial charge in [-0.15, -0.1) is 0 Å². The molecule has 0 aliphatic carbocycles. The third-order valence-corrected chi connectivity index (χ3v) is 3.60. The van der Waals surface area contributed by atoms with Crippen LogP contribution in [0.4, 0.5) is 11.4 Å². The predicted octanol–water partition coefficient (Wildman–Crippen LogP) is 1.94. The topological polar surface area (TPSA) is 93.5 Å². The minimum Gasteiger partial charge on any atom is -0.465 e. The van der Waals surface area contributed by atoms with E-state index < -0.39 is 10.9 Å². The zero-order valence-corrected chi connectivity index (χ0v) is 11.9. The molecular formula is C14H19N3O4. The number of nitro groups is 1. The summed E-state index contributed by atoms with van der Waals surface area (Å²) in [6, 6.07) is 4.81. The maximum atomic E-state index is 11.7. The summed E-state index contributed by atoms with van der Waals surface area (Å²) in [6.07, 6.45) is 3.12. The van der Waals surface area contributed by atoms with Gasteiger partial charge >= 0.3 is 5.97 Å². The van der Waals surface area contributed by atoms with Crippen LogP contribution in [0, 0.1) is 10.1 Å². The van der Waals surface area contributed by atoms with Crippen molar-refractivity contribution in [2.75, 3.05) is 25.5 Å². The second-order valence-electron chi connectivity index (χ2n) is 4.96. The fourth-order valence-corrected chi connectivity index (χ4v) is 2.53. The molecule has 0 saturated carbocycles. The molecule has 2 rings (SSSR count). The van der Waals surface area contributed by atoms with Crippen molar-refractivity contribution >= 4 is 17.3 Å². The molecule has 1 fully saturated rings. The Labute approximate surface area is 122 Å². The molecule has 0 radical (unpaired) electrons.